The Bertz CT molecular complexity index is 381. The second kappa shape index (κ2) is 6.62. The fourth-order valence-corrected chi connectivity index (χ4v) is 3.76. The predicted octanol–water partition coefficient (Wildman–Crippen LogP) is 2.45. The highest BCUT2D eigenvalue weighted by atomic mass is 32.2. The van der Waals surface area contributed by atoms with E-state index in [1.807, 2.05) is 11.7 Å². The van der Waals surface area contributed by atoms with Crippen LogP contribution >= 0.6 is 11.8 Å². The van der Waals surface area contributed by atoms with Crippen molar-refractivity contribution in [3.05, 3.63) is 17.0 Å². The molecule has 1 aliphatic heterocycles. The summed E-state index contributed by atoms with van der Waals surface area (Å²) in [5, 5.41) is 8.16. The molecule has 2 rings (SSSR count). The molecular weight excluding hydrogens is 242 g/mol. The first-order valence-corrected chi connectivity index (χ1v) is 8.14. The lowest BCUT2D eigenvalue weighted by molar-refractivity contribution is 0.500. The van der Waals surface area contributed by atoms with Crippen molar-refractivity contribution in [2.75, 3.05) is 18.1 Å². The summed E-state index contributed by atoms with van der Waals surface area (Å²) in [5.74, 6) is 2.65. The van der Waals surface area contributed by atoms with E-state index in [1.165, 1.54) is 47.7 Å². The van der Waals surface area contributed by atoms with Gasteiger partial charge in [-0.3, -0.25) is 4.68 Å². The average Bonchev–Trinajstić information content (AvgIpc) is 2.61. The number of nitrogens with zero attached hydrogens (tertiary/aromatic N) is 2. The van der Waals surface area contributed by atoms with Crippen molar-refractivity contribution in [1.29, 1.82) is 0 Å². The SMILES string of the molecule is Cc1nn(C)c(C)c1CCCN[C@H]1CCCSC1. The van der Waals surface area contributed by atoms with E-state index in [0.29, 0.717) is 0 Å². The van der Waals surface area contributed by atoms with E-state index in [9.17, 15) is 0 Å². The smallest absolute Gasteiger partial charge is 0.0628 e. The van der Waals surface area contributed by atoms with E-state index in [2.05, 4.69) is 36.0 Å². The van der Waals surface area contributed by atoms with Crippen molar-refractivity contribution in [2.24, 2.45) is 7.05 Å². The molecule has 0 aliphatic carbocycles. The lowest BCUT2D eigenvalue weighted by Gasteiger charge is -2.22. The van der Waals surface area contributed by atoms with Crippen LogP contribution in [-0.2, 0) is 13.5 Å². The number of rotatable bonds is 5. The van der Waals surface area contributed by atoms with Crippen LogP contribution in [0.2, 0.25) is 0 Å². The van der Waals surface area contributed by atoms with Gasteiger partial charge in [-0.05, 0) is 57.4 Å². The van der Waals surface area contributed by atoms with Gasteiger partial charge in [0.05, 0.1) is 5.69 Å². The van der Waals surface area contributed by atoms with Crippen molar-refractivity contribution in [1.82, 2.24) is 15.1 Å². The van der Waals surface area contributed by atoms with Gasteiger partial charge in [0.15, 0.2) is 0 Å². The minimum atomic E-state index is 0.750. The van der Waals surface area contributed by atoms with Crippen LogP contribution in [0.4, 0.5) is 0 Å². The largest absolute Gasteiger partial charge is 0.313 e. The Morgan fingerprint density at radius 1 is 1.44 bits per heavy atom. The molecule has 0 spiro atoms. The highest BCUT2D eigenvalue weighted by Crippen LogP contribution is 2.17. The maximum absolute atomic E-state index is 4.47. The summed E-state index contributed by atoms with van der Waals surface area (Å²) >= 11 is 2.09. The van der Waals surface area contributed by atoms with E-state index in [4.69, 9.17) is 0 Å². The third-order valence-corrected chi connectivity index (χ3v) is 5.07. The molecule has 2 heterocycles. The highest BCUT2D eigenvalue weighted by molar-refractivity contribution is 7.99. The molecule has 1 atom stereocenters. The molecule has 3 nitrogen and oxygen atoms in total. The lowest BCUT2D eigenvalue weighted by Crippen LogP contribution is -2.34. The minimum Gasteiger partial charge on any atom is -0.313 e. The fourth-order valence-electron chi connectivity index (χ4n) is 2.65. The summed E-state index contributed by atoms with van der Waals surface area (Å²) in [6.07, 6.45) is 5.11. The van der Waals surface area contributed by atoms with Gasteiger partial charge < -0.3 is 5.32 Å². The number of thioether (sulfide) groups is 1. The predicted molar refractivity (Wildman–Crippen MR) is 79.4 cm³/mol. The van der Waals surface area contributed by atoms with E-state index in [1.54, 1.807) is 0 Å². The van der Waals surface area contributed by atoms with Crippen molar-refractivity contribution >= 4 is 11.8 Å². The Morgan fingerprint density at radius 2 is 2.28 bits per heavy atom. The number of aromatic nitrogens is 2. The summed E-state index contributed by atoms with van der Waals surface area (Å²) in [6.45, 7) is 5.42. The molecule has 1 saturated heterocycles. The molecule has 18 heavy (non-hydrogen) atoms. The molecule has 1 aromatic rings. The zero-order chi connectivity index (χ0) is 13.0. The standard InChI is InChI=1S/C14H25N3S/c1-11-14(12(2)17(3)16-11)7-4-8-15-13-6-5-9-18-10-13/h13,15H,4-10H2,1-3H3/t13-/m0/s1. The van der Waals surface area contributed by atoms with Gasteiger partial charge >= 0.3 is 0 Å². The van der Waals surface area contributed by atoms with Gasteiger partial charge in [0.25, 0.3) is 0 Å². The second-order valence-electron chi connectivity index (χ2n) is 5.24. The second-order valence-corrected chi connectivity index (χ2v) is 6.39. The fraction of sp³-hybridized carbons (Fsp3) is 0.786. The van der Waals surface area contributed by atoms with Crippen molar-refractivity contribution in [2.45, 2.75) is 45.6 Å². The van der Waals surface area contributed by atoms with Crippen LogP contribution in [0.1, 0.15) is 36.2 Å². The molecule has 0 bridgehead atoms. The lowest BCUT2D eigenvalue weighted by atomic mass is 10.1. The molecule has 0 amide bonds. The monoisotopic (exact) mass is 267 g/mol. The molecule has 1 fully saturated rings. The first-order valence-electron chi connectivity index (χ1n) is 6.98. The van der Waals surface area contributed by atoms with Crippen LogP contribution in [0.25, 0.3) is 0 Å². The number of hydrogen-bond donors (Lipinski definition) is 1. The molecule has 1 N–H and O–H groups in total. The van der Waals surface area contributed by atoms with Crippen LogP contribution in [-0.4, -0.2) is 33.9 Å². The van der Waals surface area contributed by atoms with Gasteiger partial charge in [-0.2, -0.15) is 16.9 Å². The van der Waals surface area contributed by atoms with Gasteiger partial charge in [0.2, 0.25) is 0 Å². The van der Waals surface area contributed by atoms with Crippen LogP contribution in [0, 0.1) is 13.8 Å². The van der Waals surface area contributed by atoms with Gasteiger partial charge in [-0.15, -0.1) is 0 Å². The van der Waals surface area contributed by atoms with Crippen LogP contribution in [0.5, 0.6) is 0 Å². The Hall–Kier alpha value is -0.480. The topological polar surface area (TPSA) is 29.9 Å². The van der Waals surface area contributed by atoms with E-state index < -0.39 is 0 Å². The first-order chi connectivity index (χ1) is 8.68. The Morgan fingerprint density at radius 3 is 2.89 bits per heavy atom. The summed E-state index contributed by atoms with van der Waals surface area (Å²) in [4.78, 5) is 0. The van der Waals surface area contributed by atoms with E-state index >= 15 is 0 Å². The van der Waals surface area contributed by atoms with E-state index in [0.717, 1.165) is 19.0 Å². The van der Waals surface area contributed by atoms with Crippen molar-refractivity contribution in [3.63, 3.8) is 0 Å². The molecule has 4 heteroatoms. The number of hydrogen-bond acceptors (Lipinski definition) is 3. The van der Waals surface area contributed by atoms with Gasteiger partial charge in [0.1, 0.15) is 0 Å². The van der Waals surface area contributed by atoms with Gasteiger partial charge in [0, 0.05) is 24.5 Å². The van der Waals surface area contributed by atoms with E-state index in [-0.39, 0.29) is 0 Å². The maximum Gasteiger partial charge on any atom is 0.0628 e. The minimum absolute atomic E-state index is 0.750. The summed E-state index contributed by atoms with van der Waals surface area (Å²) in [7, 11) is 2.03. The summed E-state index contributed by atoms with van der Waals surface area (Å²) < 4.78 is 2.00. The molecule has 0 unspecified atom stereocenters. The number of nitrogens with one attached hydrogen (secondary N) is 1. The summed E-state index contributed by atoms with van der Waals surface area (Å²) in [5.41, 5.74) is 3.96. The van der Waals surface area contributed by atoms with Crippen molar-refractivity contribution < 1.29 is 0 Å². The average molecular weight is 267 g/mol. The molecule has 0 radical (unpaired) electrons. The Kier molecular flexibility index (Phi) is 5.13. The molecule has 1 aliphatic rings. The van der Waals surface area contributed by atoms with Crippen LogP contribution < -0.4 is 5.32 Å². The molecule has 0 aromatic carbocycles. The maximum atomic E-state index is 4.47. The zero-order valence-corrected chi connectivity index (χ0v) is 12.6. The normalized spacial score (nSPS) is 20.3. The van der Waals surface area contributed by atoms with Crippen LogP contribution in [0.3, 0.4) is 0 Å². The Labute approximate surface area is 115 Å². The van der Waals surface area contributed by atoms with Crippen LogP contribution in [0.15, 0.2) is 0 Å². The summed E-state index contributed by atoms with van der Waals surface area (Å²) in [6, 6.07) is 0.750. The first kappa shape index (κ1) is 13.9. The quantitative estimate of drug-likeness (QED) is 0.831. The third kappa shape index (κ3) is 3.51. The molecule has 1 aromatic heterocycles. The zero-order valence-electron chi connectivity index (χ0n) is 11.8. The number of aryl methyl sites for hydroxylation is 2. The molecule has 0 saturated carbocycles. The van der Waals surface area contributed by atoms with Gasteiger partial charge in [-0.25, -0.2) is 0 Å². The highest BCUT2D eigenvalue weighted by Gasteiger charge is 2.13. The Balaban J connectivity index is 1.71. The molecule has 102 valence electrons. The third-order valence-electron chi connectivity index (χ3n) is 3.86. The van der Waals surface area contributed by atoms with Crippen molar-refractivity contribution in [3.8, 4) is 0 Å². The van der Waals surface area contributed by atoms with Gasteiger partial charge in [-0.1, -0.05) is 0 Å². The molecular formula is C14H25N3S.